The fraction of sp³-hybridized carbons (Fsp3) is 1.00. The molecule has 0 nitrogen and oxygen atoms in total. The maximum atomic E-state index is 7.04. The Morgan fingerprint density at radius 3 is 2.29 bits per heavy atom. The van der Waals surface area contributed by atoms with Crippen LogP contribution in [0.4, 0.5) is 0 Å². The van der Waals surface area contributed by atoms with E-state index in [9.17, 15) is 0 Å². The van der Waals surface area contributed by atoms with E-state index in [0.29, 0.717) is 12.8 Å². The van der Waals surface area contributed by atoms with Crippen LogP contribution in [-0.4, -0.2) is 0 Å². The van der Waals surface area contributed by atoms with Crippen molar-refractivity contribution >= 4 is 0 Å². The van der Waals surface area contributed by atoms with Crippen LogP contribution in [-0.2, 0) is 0 Å². The van der Waals surface area contributed by atoms with E-state index in [1.807, 2.05) is 0 Å². The molecule has 0 aliphatic carbocycles. The summed E-state index contributed by atoms with van der Waals surface area (Å²) in [5.41, 5.74) is 0. The van der Waals surface area contributed by atoms with Crippen LogP contribution in [0.1, 0.15) is 35.5 Å². The Morgan fingerprint density at radius 2 is 2.14 bits per heavy atom. The maximum absolute atomic E-state index is 7.04. The molecule has 2 unspecified atom stereocenters. The largest absolute Gasteiger partial charge is 0.0651 e. The highest BCUT2D eigenvalue weighted by atomic mass is 14.1. The summed E-state index contributed by atoms with van der Waals surface area (Å²) in [6.07, 6.45) is 1.21. The van der Waals surface area contributed by atoms with E-state index in [1.165, 1.54) is 6.42 Å². The molecule has 0 saturated carbocycles. The van der Waals surface area contributed by atoms with Crippen molar-refractivity contribution in [3.05, 3.63) is 0 Å². The van der Waals surface area contributed by atoms with Gasteiger partial charge in [-0.1, -0.05) is 34.1 Å². The van der Waals surface area contributed by atoms with Gasteiger partial charge < -0.3 is 0 Å². The SMILES string of the molecule is [2H]CC(C)C(C)CC. The monoisotopic (exact) mass is 101 g/mol. The van der Waals surface area contributed by atoms with Crippen molar-refractivity contribution in [2.45, 2.75) is 34.1 Å². The van der Waals surface area contributed by atoms with Gasteiger partial charge in [-0.3, -0.25) is 0 Å². The van der Waals surface area contributed by atoms with E-state index in [0.717, 1.165) is 5.92 Å². The molecule has 0 rings (SSSR count). The molecule has 0 N–H and O–H groups in total. The zero-order valence-electron chi connectivity index (χ0n) is 6.57. The summed E-state index contributed by atoms with van der Waals surface area (Å²) in [6.45, 7) is 7.10. The summed E-state index contributed by atoms with van der Waals surface area (Å²) in [4.78, 5) is 0. The van der Waals surface area contributed by atoms with E-state index in [2.05, 4.69) is 20.8 Å². The van der Waals surface area contributed by atoms with Gasteiger partial charge in [0, 0.05) is 1.37 Å². The van der Waals surface area contributed by atoms with Gasteiger partial charge in [0.1, 0.15) is 0 Å². The van der Waals surface area contributed by atoms with Crippen LogP contribution < -0.4 is 0 Å². The molecule has 0 heteroatoms. The van der Waals surface area contributed by atoms with Crippen molar-refractivity contribution in [1.29, 1.82) is 0 Å². The first kappa shape index (κ1) is 5.14. The van der Waals surface area contributed by atoms with E-state index in [-0.39, 0.29) is 0 Å². The average Bonchev–Trinajstić information content (AvgIpc) is 1.84. The molecule has 0 aliphatic heterocycles. The lowest BCUT2D eigenvalue weighted by molar-refractivity contribution is 0.407. The highest BCUT2D eigenvalue weighted by Crippen LogP contribution is 2.11. The van der Waals surface area contributed by atoms with Crippen LogP contribution in [0, 0.1) is 11.8 Å². The van der Waals surface area contributed by atoms with Crippen LogP contribution >= 0.6 is 0 Å². The molecule has 7 heavy (non-hydrogen) atoms. The van der Waals surface area contributed by atoms with Crippen molar-refractivity contribution in [1.82, 2.24) is 0 Å². The molecule has 0 aromatic rings. The van der Waals surface area contributed by atoms with Crippen LogP contribution in [0.2, 0.25) is 0 Å². The molecular formula is C7H16. The zero-order chi connectivity index (χ0) is 6.57. The third kappa shape index (κ3) is 2.67. The molecule has 0 bridgehead atoms. The molecule has 0 spiro atoms. The molecule has 0 amide bonds. The molecule has 0 radical (unpaired) electrons. The van der Waals surface area contributed by atoms with Gasteiger partial charge >= 0.3 is 0 Å². The van der Waals surface area contributed by atoms with E-state index in [1.54, 1.807) is 0 Å². The van der Waals surface area contributed by atoms with Gasteiger partial charge in [0.25, 0.3) is 0 Å². The quantitative estimate of drug-likeness (QED) is 0.501. The Balaban J connectivity index is 3.29. The summed E-state index contributed by atoms with van der Waals surface area (Å²) < 4.78 is 7.04. The Kier molecular flexibility index (Phi) is 2.25. The second-order valence-electron chi connectivity index (χ2n) is 2.36. The Labute approximate surface area is 48.3 Å². The Hall–Kier alpha value is 0. The fourth-order valence-corrected chi connectivity index (χ4v) is 0.402. The van der Waals surface area contributed by atoms with Gasteiger partial charge in [-0.05, 0) is 11.8 Å². The van der Waals surface area contributed by atoms with Crippen molar-refractivity contribution in [2.75, 3.05) is 0 Å². The smallest absolute Gasteiger partial charge is 0.0233 e. The minimum absolute atomic E-state index is 0.578. The van der Waals surface area contributed by atoms with E-state index >= 15 is 0 Å². The van der Waals surface area contributed by atoms with Gasteiger partial charge in [0.15, 0.2) is 0 Å². The minimum atomic E-state index is 0.578. The number of hydrogen-bond donors (Lipinski definition) is 0. The highest BCUT2D eigenvalue weighted by Gasteiger charge is 2.01. The molecule has 0 aromatic carbocycles. The van der Waals surface area contributed by atoms with E-state index < -0.39 is 0 Å². The predicted octanol–water partition coefficient (Wildman–Crippen LogP) is 2.69. The molecule has 0 aromatic heterocycles. The fourth-order valence-electron chi connectivity index (χ4n) is 0.402. The molecule has 0 saturated heterocycles. The topological polar surface area (TPSA) is 0 Å². The van der Waals surface area contributed by atoms with Gasteiger partial charge in [-0.15, -0.1) is 0 Å². The summed E-state index contributed by atoms with van der Waals surface area (Å²) in [7, 11) is 0. The molecule has 44 valence electrons. The predicted molar refractivity (Wildman–Crippen MR) is 34.3 cm³/mol. The van der Waals surface area contributed by atoms with Gasteiger partial charge in [0.2, 0.25) is 0 Å². The molecule has 0 aliphatic rings. The van der Waals surface area contributed by atoms with Crippen LogP contribution in [0.3, 0.4) is 0 Å². The third-order valence-electron chi connectivity index (χ3n) is 1.62. The van der Waals surface area contributed by atoms with Crippen LogP contribution in [0.25, 0.3) is 0 Å². The third-order valence-corrected chi connectivity index (χ3v) is 1.62. The lowest BCUT2D eigenvalue weighted by atomic mass is 9.96. The molecular weight excluding hydrogens is 84.1 g/mol. The molecule has 0 heterocycles. The zero-order valence-corrected chi connectivity index (χ0v) is 5.57. The average molecular weight is 101 g/mol. The first-order valence-electron chi connectivity index (χ1n) is 3.72. The highest BCUT2D eigenvalue weighted by molar-refractivity contribution is 4.52. The second kappa shape index (κ2) is 3.06. The second-order valence-corrected chi connectivity index (χ2v) is 2.36. The molecule has 2 atom stereocenters. The Bertz CT molecular complexity index is 44.3. The first-order chi connectivity index (χ1) is 3.72. The summed E-state index contributed by atoms with van der Waals surface area (Å²) in [5, 5.41) is 0. The standard InChI is InChI=1S/C7H16/c1-5-7(4)6(2)3/h6-7H,5H2,1-4H3/i2D. The van der Waals surface area contributed by atoms with Crippen molar-refractivity contribution in [2.24, 2.45) is 11.8 Å². The van der Waals surface area contributed by atoms with Gasteiger partial charge in [0.05, 0.1) is 0 Å². The van der Waals surface area contributed by atoms with Crippen molar-refractivity contribution < 1.29 is 1.37 Å². The summed E-state index contributed by atoms with van der Waals surface area (Å²) in [5.74, 6) is 1.31. The van der Waals surface area contributed by atoms with Crippen molar-refractivity contribution in [3.8, 4) is 0 Å². The minimum Gasteiger partial charge on any atom is -0.0651 e. The van der Waals surface area contributed by atoms with E-state index in [4.69, 9.17) is 1.37 Å². The number of hydrogen-bond acceptors (Lipinski definition) is 0. The van der Waals surface area contributed by atoms with Crippen LogP contribution in [0.15, 0.2) is 0 Å². The summed E-state index contributed by atoms with van der Waals surface area (Å²) in [6, 6.07) is 0. The maximum Gasteiger partial charge on any atom is 0.0233 e. The first-order valence-corrected chi connectivity index (χ1v) is 3.01. The van der Waals surface area contributed by atoms with Gasteiger partial charge in [-0.25, -0.2) is 0 Å². The van der Waals surface area contributed by atoms with Gasteiger partial charge in [-0.2, -0.15) is 0 Å². The van der Waals surface area contributed by atoms with Crippen LogP contribution in [0.5, 0.6) is 0 Å². The number of rotatable bonds is 2. The normalized spacial score (nSPS) is 20.7. The lowest BCUT2D eigenvalue weighted by Gasteiger charge is -2.10. The van der Waals surface area contributed by atoms with Crippen molar-refractivity contribution in [3.63, 3.8) is 0 Å². The lowest BCUT2D eigenvalue weighted by Crippen LogP contribution is -2.00. The Morgan fingerprint density at radius 1 is 1.57 bits per heavy atom. The summed E-state index contributed by atoms with van der Waals surface area (Å²) >= 11 is 0. The molecule has 0 fully saturated rings.